The molecule has 0 aliphatic carbocycles. The van der Waals surface area contributed by atoms with E-state index >= 15 is 0 Å². The van der Waals surface area contributed by atoms with Gasteiger partial charge in [0.15, 0.2) is 0 Å². The molecule has 3 rings (SSSR count). The summed E-state index contributed by atoms with van der Waals surface area (Å²) < 4.78 is 13.9. The first-order valence-corrected chi connectivity index (χ1v) is 9.14. The zero-order valence-corrected chi connectivity index (χ0v) is 15.6. The van der Waals surface area contributed by atoms with Crippen molar-refractivity contribution in [3.63, 3.8) is 0 Å². The minimum absolute atomic E-state index is 0.135. The van der Waals surface area contributed by atoms with Gasteiger partial charge in [-0.3, -0.25) is 14.6 Å². The van der Waals surface area contributed by atoms with Gasteiger partial charge in [0.1, 0.15) is 11.5 Å². The van der Waals surface area contributed by atoms with E-state index in [2.05, 4.69) is 15.2 Å². The fourth-order valence-corrected chi connectivity index (χ4v) is 3.29. The van der Waals surface area contributed by atoms with E-state index in [0.717, 1.165) is 5.69 Å². The number of primary amides is 1. The van der Waals surface area contributed by atoms with Gasteiger partial charge in [-0.2, -0.15) is 0 Å². The van der Waals surface area contributed by atoms with Crippen LogP contribution in [-0.2, 0) is 0 Å². The highest BCUT2D eigenvalue weighted by molar-refractivity contribution is 5.95. The van der Waals surface area contributed by atoms with Gasteiger partial charge in [-0.15, -0.1) is 0 Å². The van der Waals surface area contributed by atoms with Crippen molar-refractivity contribution in [1.29, 1.82) is 0 Å². The fraction of sp³-hybridized carbons (Fsp3) is 0.350. The topological polar surface area (TPSA) is 109 Å². The van der Waals surface area contributed by atoms with E-state index in [0.29, 0.717) is 31.5 Å². The Labute approximate surface area is 162 Å². The standard InChI is InChI=1S/C20H23FN4O3/c1-12(24-20(28)17-4-2-13(11-23-17)19(22)27)16-10-14(21)3-5-18(16)25-8-6-15(26)7-9-25/h2-5,10-12,15,26H,6-9H2,1H3,(H2,22,27)(H,24,28). The highest BCUT2D eigenvalue weighted by Crippen LogP contribution is 2.30. The summed E-state index contributed by atoms with van der Waals surface area (Å²) in [5.41, 5.74) is 7.00. The van der Waals surface area contributed by atoms with Gasteiger partial charge in [-0.05, 0) is 50.1 Å². The van der Waals surface area contributed by atoms with Crippen LogP contribution in [0.5, 0.6) is 0 Å². The molecule has 0 saturated carbocycles. The van der Waals surface area contributed by atoms with E-state index in [1.165, 1.54) is 30.5 Å². The lowest BCUT2D eigenvalue weighted by molar-refractivity contribution is 0.0932. The second kappa shape index (κ2) is 8.35. The van der Waals surface area contributed by atoms with Gasteiger partial charge >= 0.3 is 0 Å². The SMILES string of the molecule is CC(NC(=O)c1ccc(C(N)=O)cn1)c1cc(F)ccc1N1CCC(O)CC1. The summed E-state index contributed by atoms with van der Waals surface area (Å²) in [7, 11) is 0. The molecule has 2 amide bonds. The number of rotatable bonds is 5. The molecule has 1 aliphatic heterocycles. The summed E-state index contributed by atoms with van der Waals surface area (Å²) in [4.78, 5) is 29.7. The third-order valence-corrected chi connectivity index (χ3v) is 4.89. The number of benzene rings is 1. The number of aliphatic hydroxyl groups is 1. The Kier molecular flexibility index (Phi) is 5.89. The minimum atomic E-state index is -0.621. The number of halogens is 1. The Morgan fingerprint density at radius 3 is 2.61 bits per heavy atom. The first kappa shape index (κ1) is 19.8. The lowest BCUT2D eigenvalue weighted by atomic mass is 10.0. The van der Waals surface area contributed by atoms with Crippen molar-refractivity contribution < 1.29 is 19.1 Å². The number of hydrogen-bond donors (Lipinski definition) is 3. The molecule has 1 unspecified atom stereocenters. The highest BCUT2D eigenvalue weighted by atomic mass is 19.1. The summed E-state index contributed by atoms with van der Waals surface area (Å²) in [5, 5.41) is 12.5. The first-order valence-electron chi connectivity index (χ1n) is 9.14. The Hall–Kier alpha value is -3.00. The summed E-state index contributed by atoms with van der Waals surface area (Å²) in [6.07, 6.45) is 2.22. The molecule has 2 heterocycles. The predicted molar refractivity (Wildman–Crippen MR) is 102 cm³/mol. The predicted octanol–water partition coefficient (Wildman–Crippen LogP) is 1.77. The van der Waals surface area contributed by atoms with Crippen LogP contribution in [0.25, 0.3) is 0 Å². The molecule has 1 fully saturated rings. The molecule has 4 N–H and O–H groups in total. The van der Waals surface area contributed by atoms with Crippen LogP contribution in [0.4, 0.5) is 10.1 Å². The van der Waals surface area contributed by atoms with Gasteiger partial charge in [0.25, 0.3) is 5.91 Å². The zero-order valence-electron chi connectivity index (χ0n) is 15.6. The summed E-state index contributed by atoms with van der Waals surface area (Å²) in [5.74, 6) is -1.45. The number of aliphatic hydroxyl groups excluding tert-OH is 1. The van der Waals surface area contributed by atoms with Crippen LogP contribution in [0.3, 0.4) is 0 Å². The van der Waals surface area contributed by atoms with Gasteiger partial charge in [-0.25, -0.2) is 4.39 Å². The second-order valence-corrected chi connectivity index (χ2v) is 6.91. The molecule has 1 aromatic heterocycles. The summed E-state index contributed by atoms with van der Waals surface area (Å²) in [6, 6.07) is 6.88. The lowest BCUT2D eigenvalue weighted by Gasteiger charge is -2.34. The Morgan fingerprint density at radius 1 is 1.29 bits per heavy atom. The van der Waals surface area contributed by atoms with Gasteiger partial charge in [0.05, 0.1) is 17.7 Å². The molecule has 0 spiro atoms. The molecular formula is C20H23FN4O3. The maximum absolute atomic E-state index is 13.9. The van der Waals surface area contributed by atoms with E-state index in [9.17, 15) is 19.1 Å². The third kappa shape index (κ3) is 4.45. The van der Waals surface area contributed by atoms with Crippen LogP contribution in [0, 0.1) is 5.82 Å². The largest absolute Gasteiger partial charge is 0.393 e. The van der Waals surface area contributed by atoms with Crippen LogP contribution >= 0.6 is 0 Å². The summed E-state index contributed by atoms with van der Waals surface area (Å²) in [6.45, 7) is 3.10. The third-order valence-electron chi connectivity index (χ3n) is 4.89. The quantitative estimate of drug-likeness (QED) is 0.726. The number of aromatic nitrogens is 1. The number of pyridine rings is 1. The van der Waals surface area contributed by atoms with Crippen molar-refractivity contribution >= 4 is 17.5 Å². The number of nitrogens with zero attached hydrogens (tertiary/aromatic N) is 2. The van der Waals surface area contributed by atoms with E-state index in [1.807, 2.05) is 0 Å². The molecule has 7 nitrogen and oxygen atoms in total. The van der Waals surface area contributed by atoms with Crippen LogP contribution in [0.15, 0.2) is 36.5 Å². The lowest BCUT2D eigenvalue weighted by Crippen LogP contribution is -2.37. The molecule has 1 aromatic carbocycles. The molecule has 0 radical (unpaired) electrons. The highest BCUT2D eigenvalue weighted by Gasteiger charge is 2.23. The maximum atomic E-state index is 13.9. The average molecular weight is 386 g/mol. The van der Waals surface area contributed by atoms with Gasteiger partial charge in [0, 0.05) is 30.5 Å². The van der Waals surface area contributed by atoms with Crippen molar-refractivity contribution in [3.05, 3.63) is 59.2 Å². The number of amides is 2. The van der Waals surface area contributed by atoms with Gasteiger partial charge in [0.2, 0.25) is 5.91 Å². The number of anilines is 1. The molecule has 1 atom stereocenters. The van der Waals surface area contributed by atoms with Crippen LogP contribution in [0.1, 0.15) is 52.2 Å². The average Bonchev–Trinajstić information content (AvgIpc) is 2.68. The maximum Gasteiger partial charge on any atom is 0.270 e. The van der Waals surface area contributed by atoms with Crippen molar-refractivity contribution in [2.45, 2.75) is 31.9 Å². The van der Waals surface area contributed by atoms with Crippen LogP contribution < -0.4 is 16.0 Å². The number of carbonyl (C=O) groups excluding carboxylic acids is 2. The molecule has 1 aliphatic rings. The first-order chi connectivity index (χ1) is 13.3. The molecule has 0 bridgehead atoms. The van der Waals surface area contributed by atoms with E-state index < -0.39 is 17.9 Å². The fourth-order valence-electron chi connectivity index (χ4n) is 3.29. The molecule has 148 valence electrons. The monoisotopic (exact) mass is 386 g/mol. The molecule has 8 heteroatoms. The van der Waals surface area contributed by atoms with E-state index in [1.54, 1.807) is 13.0 Å². The normalized spacial score (nSPS) is 15.9. The number of piperidine rings is 1. The number of nitrogens with two attached hydrogens (primary N) is 1. The van der Waals surface area contributed by atoms with E-state index in [-0.39, 0.29) is 23.2 Å². The van der Waals surface area contributed by atoms with Crippen molar-refractivity contribution in [2.24, 2.45) is 5.73 Å². The van der Waals surface area contributed by atoms with Crippen molar-refractivity contribution in [3.8, 4) is 0 Å². The number of carbonyl (C=O) groups is 2. The smallest absolute Gasteiger partial charge is 0.270 e. The number of nitrogens with one attached hydrogen (secondary N) is 1. The molecule has 2 aromatic rings. The van der Waals surface area contributed by atoms with E-state index in [4.69, 9.17) is 5.73 Å². The van der Waals surface area contributed by atoms with Gasteiger partial charge in [-0.1, -0.05) is 0 Å². The van der Waals surface area contributed by atoms with Gasteiger partial charge < -0.3 is 21.1 Å². The minimum Gasteiger partial charge on any atom is -0.393 e. The molecule has 28 heavy (non-hydrogen) atoms. The van der Waals surface area contributed by atoms with Crippen LogP contribution in [-0.4, -0.2) is 41.1 Å². The Morgan fingerprint density at radius 2 is 2.00 bits per heavy atom. The zero-order chi connectivity index (χ0) is 20.3. The summed E-state index contributed by atoms with van der Waals surface area (Å²) >= 11 is 0. The van der Waals surface area contributed by atoms with Crippen molar-refractivity contribution in [2.75, 3.05) is 18.0 Å². The van der Waals surface area contributed by atoms with Crippen molar-refractivity contribution in [1.82, 2.24) is 10.3 Å². The molecular weight excluding hydrogens is 363 g/mol. The second-order valence-electron chi connectivity index (χ2n) is 6.91. The Balaban J connectivity index is 1.77. The molecule has 1 saturated heterocycles. The Bertz CT molecular complexity index is 864. The number of hydrogen-bond acceptors (Lipinski definition) is 5. The van der Waals surface area contributed by atoms with Crippen LogP contribution in [0.2, 0.25) is 0 Å².